The van der Waals surface area contributed by atoms with Gasteiger partial charge in [-0.3, -0.25) is 9.69 Å². The molecule has 1 aliphatic rings. The summed E-state index contributed by atoms with van der Waals surface area (Å²) in [7, 11) is 1.60. The molecule has 1 fully saturated rings. The predicted molar refractivity (Wildman–Crippen MR) is 129 cm³/mol. The minimum absolute atomic E-state index is 0.0990. The third kappa shape index (κ3) is 4.68. The number of rotatable bonds is 5. The normalized spacial score (nSPS) is 17.4. The van der Waals surface area contributed by atoms with Crippen molar-refractivity contribution in [1.82, 2.24) is 4.90 Å². The van der Waals surface area contributed by atoms with E-state index in [1.807, 2.05) is 73.7 Å². The van der Waals surface area contributed by atoms with Crippen LogP contribution in [0.5, 0.6) is 5.75 Å². The number of amides is 1. The molecule has 4 rings (SSSR count). The Labute approximate surface area is 191 Å². The van der Waals surface area contributed by atoms with E-state index in [2.05, 4.69) is 0 Å². The van der Waals surface area contributed by atoms with Gasteiger partial charge < -0.3 is 4.74 Å². The molecule has 3 aromatic rings. The first-order chi connectivity index (χ1) is 15.1. The van der Waals surface area contributed by atoms with E-state index in [0.717, 1.165) is 16.8 Å². The maximum absolute atomic E-state index is 13.5. The largest absolute Gasteiger partial charge is 0.496 e. The first-order valence-electron chi connectivity index (χ1n) is 9.82. The molecule has 0 aromatic heterocycles. The van der Waals surface area contributed by atoms with Gasteiger partial charge in [0, 0.05) is 10.6 Å². The standard InChI is InChI=1S/C25H21ClN2O2S/c1-17(18-9-5-3-6-10-18)28-24(29)23(16-19-15-20(26)13-14-22(19)30-2)31-25(28)27-21-11-7-4-8-12-21/h3-17H,1-2H3/b23-16+,27-25?/t17-/m0/s1. The Morgan fingerprint density at radius 2 is 1.71 bits per heavy atom. The number of aliphatic imine (C=N–C) groups is 1. The zero-order valence-electron chi connectivity index (χ0n) is 17.2. The highest BCUT2D eigenvalue weighted by Crippen LogP contribution is 2.40. The molecule has 0 spiro atoms. The summed E-state index contributed by atoms with van der Waals surface area (Å²) in [5.74, 6) is 0.555. The maximum atomic E-state index is 13.5. The van der Waals surface area contributed by atoms with E-state index in [1.54, 1.807) is 30.2 Å². The number of carbonyl (C=O) groups excluding carboxylic acids is 1. The molecule has 1 atom stereocenters. The Hall–Kier alpha value is -3.02. The smallest absolute Gasteiger partial charge is 0.267 e. The Bertz CT molecular complexity index is 1150. The fourth-order valence-corrected chi connectivity index (χ4v) is 4.60. The summed E-state index contributed by atoms with van der Waals surface area (Å²) in [4.78, 5) is 20.6. The molecule has 3 aromatic carbocycles. The molecule has 0 saturated carbocycles. The zero-order chi connectivity index (χ0) is 21.8. The third-order valence-corrected chi connectivity index (χ3v) is 6.18. The molecule has 6 heteroatoms. The fraction of sp³-hybridized carbons (Fsp3) is 0.120. The molecule has 31 heavy (non-hydrogen) atoms. The van der Waals surface area contributed by atoms with Gasteiger partial charge in [-0.1, -0.05) is 60.1 Å². The molecule has 4 nitrogen and oxygen atoms in total. The average Bonchev–Trinajstić information content (AvgIpc) is 3.09. The number of methoxy groups -OCH3 is 1. The van der Waals surface area contributed by atoms with Crippen molar-refractivity contribution in [3.05, 3.63) is 99.9 Å². The van der Waals surface area contributed by atoms with E-state index in [-0.39, 0.29) is 11.9 Å². The van der Waals surface area contributed by atoms with Crippen molar-refractivity contribution in [3.63, 3.8) is 0 Å². The minimum atomic E-state index is -0.171. The number of amidine groups is 1. The van der Waals surface area contributed by atoms with E-state index < -0.39 is 0 Å². The Morgan fingerprint density at radius 1 is 1.03 bits per heavy atom. The topological polar surface area (TPSA) is 41.9 Å². The number of halogens is 1. The first kappa shape index (κ1) is 21.2. The quantitative estimate of drug-likeness (QED) is 0.407. The van der Waals surface area contributed by atoms with Gasteiger partial charge >= 0.3 is 0 Å². The minimum Gasteiger partial charge on any atom is -0.496 e. The summed E-state index contributed by atoms with van der Waals surface area (Å²) in [6, 6.07) is 24.8. The van der Waals surface area contributed by atoms with Crippen LogP contribution in [0.15, 0.2) is 88.8 Å². The van der Waals surface area contributed by atoms with E-state index >= 15 is 0 Å². The highest BCUT2D eigenvalue weighted by atomic mass is 35.5. The summed E-state index contributed by atoms with van der Waals surface area (Å²) >= 11 is 7.53. The van der Waals surface area contributed by atoms with Gasteiger partial charge in [0.1, 0.15) is 5.75 Å². The lowest BCUT2D eigenvalue weighted by Crippen LogP contribution is -2.32. The number of hydrogen-bond acceptors (Lipinski definition) is 4. The van der Waals surface area contributed by atoms with Crippen LogP contribution in [-0.2, 0) is 4.79 Å². The van der Waals surface area contributed by atoms with E-state index in [4.69, 9.17) is 21.3 Å². The van der Waals surface area contributed by atoms with Crippen LogP contribution < -0.4 is 4.74 Å². The van der Waals surface area contributed by atoms with Crippen LogP contribution in [0.1, 0.15) is 24.1 Å². The Kier molecular flexibility index (Phi) is 6.44. The molecule has 0 aliphatic carbocycles. The summed E-state index contributed by atoms with van der Waals surface area (Å²) in [6.45, 7) is 2.01. The summed E-state index contributed by atoms with van der Waals surface area (Å²) in [5.41, 5.74) is 2.59. The molecule has 1 heterocycles. The van der Waals surface area contributed by atoms with Gasteiger partial charge in [-0.05, 0) is 60.7 Å². The molecule has 1 aliphatic heterocycles. The second-order valence-electron chi connectivity index (χ2n) is 6.99. The number of hydrogen-bond donors (Lipinski definition) is 0. The molecule has 1 amide bonds. The maximum Gasteiger partial charge on any atom is 0.267 e. The number of thioether (sulfide) groups is 1. The number of benzene rings is 3. The highest BCUT2D eigenvalue weighted by molar-refractivity contribution is 8.18. The fourth-order valence-electron chi connectivity index (χ4n) is 3.36. The highest BCUT2D eigenvalue weighted by Gasteiger charge is 2.37. The zero-order valence-corrected chi connectivity index (χ0v) is 18.7. The van der Waals surface area contributed by atoms with Gasteiger partial charge in [0.25, 0.3) is 5.91 Å². The van der Waals surface area contributed by atoms with Crippen LogP contribution in [0.3, 0.4) is 0 Å². The molecule has 0 N–H and O–H groups in total. The Balaban J connectivity index is 1.78. The van der Waals surface area contributed by atoms with Crippen LogP contribution in [0.2, 0.25) is 5.02 Å². The van der Waals surface area contributed by atoms with E-state index in [1.165, 1.54) is 11.8 Å². The van der Waals surface area contributed by atoms with Crippen molar-refractivity contribution in [2.45, 2.75) is 13.0 Å². The van der Waals surface area contributed by atoms with Crippen LogP contribution in [0, 0.1) is 0 Å². The lowest BCUT2D eigenvalue weighted by molar-refractivity contribution is -0.123. The molecule has 156 valence electrons. The second-order valence-corrected chi connectivity index (χ2v) is 8.43. The van der Waals surface area contributed by atoms with Crippen LogP contribution >= 0.6 is 23.4 Å². The van der Waals surface area contributed by atoms with Crippen molar-refractivity contribution < 1.29 is 9.53 Å². The van der Waals surface area contributed by atoms with Gasteiger partial charge in [0.15, 0.2) is 5.17 Å². The monoisotopic (exact) mass is 448 g/mol. The number of ether oxygens (including phenoxy) is 1. The van der Waals surface area contributed by atoms with Gasteiger partial charge in [-0.2, -0.15) is 0 Å². The van der Waals surface area contributed by atoms with Gasteiger partial charge in [0.2, 0.25) is 0 Å². The number of para-hydroxylation sites is 1. The first-order valence-corrected chi connectivity index (χ1v) is 11.0. The Morgan fingerprint density at radius 3 is 2.39 bits per heavy atom. The lowest BCUT2D eigenvalue weighted by Gasteiger charge is -2.24. The molecular formula is C25H21ClN2O2S. The van der Waals surface area contributed by atoms with Gasteiger partial charge in [0.05, 0.1) is 23.7 Å². The van der Waals surface area contributed by atoms with Crippen LogP contribution in [0.25, 0.3) is 6.08 Å². The predicted octanol–water partition coefficient (Wildman–Crippen LogP) is 6.71. The van der Waals surface area contributed by atoms with Crippen molar-refractivity contribution in [2.24, 2.45) is 4.99 Å². The molecule has 0 unspecified atom stereocenters. The summed E-state index contributed by atoms with van der Waals surface area (Å²) < 4.78 is 5.44. The van der Waals surface area contributed by atoms with Crippen molar-refractivity contribution in [2.75, 3.05) is 7.11 Å². The summed E-state index contributed by atoms with van der Waals surface area (Å²) in [5, 5.41) is 1.22. The lowest BCUT2D eigenvalue weighted by atomic mass is 10.1. The van der Waals surface area contributed by atoms with Crippen molar-refractivity contribution >= 4 is 46.2 Å². The van der Waals surface area contributed by atoms with Crippen LogP contribution in [-0.4, -0.2) is 23.1 Å². The summed E-state index contributed by atoms with van der Waals surface area (Å²) in [6.07, 6.45) is 1.82. The number of carbonyl (C=O) groups is 1. The van der Waals surface area contributed by atoms with Gasteiger partial charge in [-0.25, -0.2) is 4.99 Å². The van der Waals surface area contributed by atoms with E-state index in [0.29, 0.717) is 20.8 Å². The second kappa shape index (κ2) is 9.41. The molecule has 1 saturated heterocycles. The third-order valence-electron chi connectivity index (χ3n) is 4.97. The molecule has 0 bridgehead atoms. The average molecular weight is 449 g/mol. The molecule has 0 radical (unpaired) electrons. The van der Waals surface area contributed by atoms with Crippen molar-refractivity contribution in [3.8, 4) is 5.75 Å². The van der Waals surface area contributed by atoms with Crippen LogP contribution in [0.4, 0.5) is 5.69 Å². The SMILES string of the molecule is COc1ccc(Cl)cc1/C=C1/SC(=Nc2ccccc2)N([C@@H](C)c2ccccc2)C1=O. The van der Waals surface area contributed by atoms with Gasteiger partial charge in [-0.15, -0.1) is 0 Å². The van der Waals surface area contributed by atoms with Crippen molar-refractivity contribution in [1.29, 1.82) is 0 Å². The molecular weight excluding hydrogens is 428 g/mol. The van der Waals surface area contributed by atoms with E-state index in [9.17, 15) is 4.79 Å². The number of nitrogens with zero attached hydrogens (tertiary/aromatic N) is 2.